The van der Waals surface area contributed by atoms with Crippen molar-refractivity contribution in [2.24, 2.45) is 5.73 Å². The molecule has 1 heterocycles. The van der Waals surface area contributed by atoms with Gasteiger partial charge in [-0.25, -0.2) is 0 Å². The molecule has 0 amide bonds. The fourth-order valence-electron chi connectivity index (χ4n) is 1.42. The number of rotatable bonds is 4. The van der Waals surface area contributed by atoms with Crippen LogP contribution in [-0.4, -0.2) is 25.8 Å². The monoisotopic (exact) mass is 370 g/mol. The zero-order valence-corrected chi connectivity index (χ0v) is 14.5. The third-order valence-electron chi connectivity index (χ3n) is 1.99. The van der Waals surface area contributed by atoms with Gasteiger partial charge in [0, 0.05) is 0 Å². The maximum atomic E-state index is 5.93. The predicted molar refractivity (Wildman–Crippen MR) is 75.4 cm³/mol. The first kappa shape index (κ1) is 16.1. The van der Waals surface area contributed by atoms with Crippen molar-refractivity contribution in [2.75, 3.05) is 0 Å². The molecule has 3 unspecified atom stereocenters. The molecule has 3 atom stereocenters. The van der Waals surface area contributed by atoms with Crippen LogP contribution in [0.4, 0.5) is 0 Å². The smallest absolute Gasteiger partial charge is 0.147 e. The summed E-state index contributed by atoms with van der Waals surface area (Å²) < 4.78 is 0.762. The van der Waals surface area contributed by atoms with Gasteiger partial charge in [-0.05, 0) is 0 Å². The molecule has 0 saturated heterocycles. The summed E-state index contributed by atoms with van der Waals surface area (Å²) in [5, 5.41) is 2.73. The molecule has 0 aliphatic rings. The zero-order valence-electron chi connectivity index (χ0n) is 9.19. The molecule has 5 heteroatoms. The number of thioether (sulfide) groups is 1. The van der Waals surface area contributed by atoms with Crippen LogP contribution in [0.2, 0.25) is 0 Å². The van der Waals surface area contributed by atoms with Gasteiger partial charge in [0.05, 0.1) is 0 Å². The van der Waals surface area contributed by atoms with Crippen LogP contribution in [0.25, 0.3) is 0 Å². The van der Waals surface area contributed by atoms with Crippen LogP contribution in [0.1, 0.15) is 42.5 Å². The van der Waals surface area contributed by atoms with E-state index in [-0.39, 0.29) is 18.4 Å². The van der Waals surface area contributed by atoms with Crippen LogP contribution in [0, 0.1) is 0 Å². The van der Waals surface area contributed by atoms with Crippen LogP contribution >= 0.6 is 35.5 Å². The minimum Gasteiger partial charge on any atom is -0.147 e. The van der Waals surface area contributed by atoms with Crippen LogP contribution in [-0.2, 0) is 0 Å². The van der Waals surface area contributed by atoms with Gasteiger partial charge in [-0.2, -0.15) is 0 Å². The van der Waals surface area contributed by atoms with E-state index in [2.05, 4.69) is 32.2 Å². The van der Waals surface area contributed by atoms with Gasteiger partial charge in [0.25, 0.3) is 0 Å². The Morgan fingerprint density at radius 3 is 2.47 bits per heavy atom. The molecular weight excluding hydrogens is 352 g/mol. The largest absolute Gasteiger partial charge is 0.147 e. The van der Waals surface area contributed by atoms with E-state index >= 15 is 0 Å². The van der Waals surface area contributed by atoms with Gasteiger partial charge < -0.3 is 0 Å². The van der Waals surface area contributed by atoms with Crippen molar-refractivity contribution < 1.29 is 0 Å². The van der Waals surface area contributed by atoms with E-state index in [1.807, 2.05) is 11.8 Å². The summed E-state index contributed by atoms with van der Waals surface area (Å²) in [6, 6.07) is 2.40. The molecule has 1 aromatic rings. The summed E-state index contributed by atoms with van der Waals surface area (Å²) >= 11 is 5.42. The van der Waals surface area contributed by atoms with Crippen LogP contribution < -0.4 is 5.73 Å². The molecule has 2 N–H and O–H groups in total. The van der Waals surface area contributed by atoms with E-state index in [4.69, 9.17) is 5.73 Å². The number of hydrogen-bond donors (Lipinski definition) is 1. The molecule has 0 spiro atoms. The van der Waals surface area contributed by atoms with Gasteiger partial charge in [-0.15, -0.1) is 12.4 Å². The first-order valence-corrected chi connectivity index (χ1v) is 8.18. The summed E-state index contributed by atoms with van der Waals surface area (Å²) in [7, 11) is 0. The van der Waals surface area contributed by atoms with Crippen molar-refractivity contribution in [3.05, 3.63) is 21.9 Å². The van der Waals surface area contributed by atoms with Gasteiger partial charge in [0.1, 0.15) is 0 Å². The first-order valence-electron chi connectivity index (χ1n) is 4.71. The molecule has 0 saturated carbocycles. The minimum absolute atomic E-state index is 0. The number of nitrogens with two attached hydrogens (primary N) is 1. The number of hydrogen-bond acceptors (Lipinski definition) is 3. The van der Waals surface area contributed by atoms with Crippen LogP contribution in [0.3, 0.4) is 0 Å². The second-order valence-electron chi connectivity index (χ2n) is 3.45. The standard InChI is InChI=1S/C10H16NS2.ClH.Sn/c1-4-12-8(3)9-5-6-13-10(9)7(2)11;;/h4-8H,11H2,1-3H3;1H;. The maximum absolute atomic E-state index is 5.93. The molecular formula is C10H17ClNS2Sn. The predicted octanol–water partition coefficient (Wildman–Crippen LogP) is 3.50. The van der Waals surface area contributed by atoms with E-state index in [1.54, 1.807) is 33.9 Å². The fourth-order valence-corrected chi connectivity index (χ4v) is 5.16. The molecule has 3 radical (unpaired) electrons. The second kappa shape index (κ2) is 7.43. The van der Waals surface area contributed by atoms with E-state index < -0.39 is 0 Å². The average molecular weight is 370 g/mol. The Morgan fingerprint density at radius 1 is 1.40 bits per heavy atom. The van der Waals surface area contributed by atoms with Crippen molar-refractivity contribution in [2.45, 2.75) is 35.3 Å². The Labute approximate surface area is 120 Å². The van der Waals surface area contributed by atoms with Gasteiger partial charge in [0.15, 0.2) is 0 Å². The minimum atomic E-state index is 0. The fraction of sp³-hybridized carbons (Fsp3) is 0.600. The molecule has 1 nitrogen and oxygen atoms in total. The molecule has 0 bridgehead atoms. The Kier molecular flexibility index (Phi) is 7.97. The molecule has 15 heavy (non-hydrogen) atoms. The van der Waals surface area contributed by atoms with Crippen molar-refractivity contribution in [3.8, 4) is 0 Å². The molecule has 0 fully saturated rings. The van der Waals surface area contributed by atoms with Gasteiger partial charge in [-0.3, -0.25) is 0 Å². The normalized spacial score (nSPS) is 16.6. The Bertz CT molecular complexity index is 289. The van der Waals surface area contributed by atoms with E-state index in [9.17, 15) is 0 Å². The van der Waals surface area contributed by atoms with E-state index in [1.165, 1.54) is 10.4 Å². The molecule has 1 aromatic heterocycles. The topological polar surface area (TPSA) is 26.0 Å². The number of thiophene rings is 1. The summed E-state index contributed by atoms with van der Waals surface area (Å²) in [5.74, 6) is 0. The molecule has 85 valence electrons. The summed E-state index contributed by atoms with van der Waals surface area (Å²) in [5.41, 5.74) is 7.37. The zero-order chi connectivity index (χ0) is 10.7. The molecule has 0 aliphatic carbocycles. The van der Waals surface area contributed by atoms with Crippen molar-refractivity contribution in [3.63, 3.8) is 0 Å². The molecule has 0 aromatic carbocycles. The van der Waals surface area contributed by atoms with Crippen molar-refractivity contribution in [1.82, 2.24) is 0 Å². The van der Waals surface area contributed by atoms with Gasteiger partial charge >= 0.3 is 109 Å². The van der Waals surface area contributed by atoms with Crippen LogP contribution in [0.5, 0.6) is 0 Å². The van der Waals surface area contributed by atoms with E-state index in [0.29, 0.717) is 5.25 Å². The van der Waals surface area contributed by atoms with Gasteiger partial charge in [-0.1, -0.05) is 0 Å². The van der Waals surface area contributed by atoms with E-state index in [0.717, 1.165) is 3.27 Å². The van der Waals surface area contributed by atoms with Crippen LogP contribution in [0.15, 0.2) is 11.4 Å². The molecule has 1 rings (SSSR count). The number of halogens is 1. The second-order valence-corrected chi connectivity index (χ2v) is 9.75. The average Bonchev–Trinajstić information content (AvgIpc) is 2.49. The summed E-state index contributed by atoms with van der Waals surface area (Å²) in [6.07, 6.45) is 0. The van der Waals surface area contributed by atoms with Crippen molar-refractivity contribution in [1.29, 1.82) is 0 Å². The first-order chi connectivity index (χ1) is 6.52. The third kappa shape index (κ3) is 4.86. The van der Waals surface area contributed by atoms with Crippen molar-refractivity contribution >= 4 is 58.0 Å². The Hall–Kier alpha value is 1.10. The molecule has 0 aliphatic heterocycles. The quantitative estimate of drug-likeness (QED) is 0.822. The third-order valence-corrected chi connectivity index (χ3v) is 5.36. The maximum Gasteiger partial charge on any atom is -0.147 e. The Morgan fingerprint density at radius 2 is 2.00 bits per heavy atom. The Balaban J connectivity index is 0.00000196. The summed E-state index contributed by atoms with van der Waals surface area (Å²) in [6.45, 7) is 6.62. The van der Waals surface area contributed by atoms with Gasteiger partial charge in [0.2, 0.25) is 0 Å². The summed E-state index contributed by atoms with van der Waals surface area (Å²) in [4.78, 5) is 1.35. The SMILES string of the molecule is C[CH]([Sn])SC(C)c1ccsc1C(C)N.Cl.